The lowest BCUT2D eigenvalue weighted by Crippen LogP contribution is -2.30. The third kappa shape index (κ3) is 5.64. The summed E-state index contributed by atoms with van der Waals surface area (Å²) in [6, 6.07) is 0.851. The molecular weight excluding hydrogens is 166 g/mol. The molecule has 0 unspecified atom stereocenters. The summed E-state index contributed by atoms with van der Waals surface area (Å²) in [6.45, 7) is 3.33. The fourth-order valence-electron chi connectivity index (χ4n) is 1.60. The summed E-state index contributed by atoms with van der Waals surface area (Å²) < 4.78 is 0. The Kier molecular flexibility index (Phi) is 8.79. The van der Waals surface area contributed by atoms with Crippen molar-refractivity contribution in [2.75, 3.05) is 6.54 Å². The fourth-order valence-corrected chi connectivity index (χ4v) is 1.60. The molecule has 1 fully saturated rings. The molecule has 1 aliphatic carbocycles. The van der Waals surface area contributed by atoms with Crippen molar-refractivity contribution in [1.82, 2.24) is 5.32 Å². The largest absolute Gasteiger partial charge is 0.314 e. The Hall–Kier alpha value is 0.394. The number of nitrogens with one attached hydrogen (secondary N) is 1. The van der Waals surface area contributed by atoms with Gasteiger partial charge in [-0.1, -0.05) is 26.2 Å². The summed E-state index contributed by atoms with van der Waals surface area (Å²) >= 11 is 0. The van der Waals surface area contributed by atoms with Crippen molar-refractivity contribution in [2.45, 2.75) is 45.1 Å². The van der Waals surface area contributed by atoms with Crippen molar-refractivity contribution < 1.29 is 0 Å². The predicted molar refractivity (Wildman–Crippen MR) is 60.4 cm³/mol. The molecule has 11 heavy (non-hydrogen) atoms. The topological polar surface area (TPSA) is 12.0 Å². The van der Waals surface area contributed by atoms with E-state index < -0.39 is 0 Å². The Morgan fingerprint density at radius 3 is 2.18 bits per heavy atom. The molecule has 1 aliphatic rings. The lowest BCUT2D eigenvalue weighted by Gasteiger charge is -2.21. The maximum absolute atomic E-state index is 3.48. The minimum Gasteiger partial charge on any atom is -0.314 e. The van der Waals surface area contributed by atoms with E-state index >= 15 is 0 Å². The van der Waals surface area contributed by atoms with Gasteiger partial charge < -0.3 is 5.32 Å². The molecule has 0 aromatic rings. The first-order chi connectivity index (χ1) is 5.43. The van der Waals surface area contributed by atoms with Gasteiger partial charge in [0.2, 0.25) is 0 Å². The molecule has 0 saturated heterocycles. The van der Waals surface area contributed by atoms with E-state index in [9.17, 15) is 0 Å². The molecular formula is C8H23NSi2. The van der Waals surface area contributed by atoms with Gasteiger partial charge in [-0.3, -0.25) is 0 Å². The van der Waals surface area contributed by atoms with E-state index in [0.717, 1.165) is 12.6 Å². The number of rotatable bonds is 2. The van der Waals surface area contributed by atoms with Crippen molar-refractivity contribution in [1.29, 1.82) is 0 Å². The third-order valence-electron chi connectivity index (χ3n) is 2.10. The smallest absolute Gasteiger partial charge is 0.00669 e. The zero-order chi connectivity index (χ0) is 8.53. The quantitative estimate of drug-likeness (QED) is 0.581. The molecule has 68 valence electrons. The number of hydrogen-bond acceptors (Lipinski definition) is 1. The Balaban J connectivity index is 0.000000461. The van der Waals surface area contributed by atoms with Gasteiger partial charge in [-0.15, -0.1) is 0 Å². The Morgan fingerprint density at radius 1 is 1.18 bits per heavy atom. The molecule has 0 aliphatic heterocycles. The van der Waals surface area contributed by atoms with Crippen LogP contribution in [0.3, 0.4) is 0 Å². The van der Waals surface area contributed by atoms with Crippen LogP contribution in [0.25, 0.3) is 0 Å². The zero-order valence-electron chi connectivity index (χ0n) is 8.32. The van der Waals surface area contributed by atoms with Crippen LogP contribution in [0, 0.1) is 0 Å². The molecule has 0 amide bonds. The van der Waals surface area contributed by atoms with Crippen LogP contribution in [-0.2, 0) is 0 Å². The molecule has 1 saturated carbocycles. The summed E-state index contributed by atoms with van der Waals surface area (Å²) in [5.74, 6) is 0. The van der Waals surface area contributed by atoms with Gasteiger partial charge in [0.1, 0.15) is 0 Å². The second-order valence-corrected chi connectivity index (χ2v) is 2.89. The molecule has 1 rings (SSSR count). The highest BCUT2D eigenvalue weighted by molar-refractivity contribution is 6.75. The minimum absolute atomic E-state index is 0.851. The van der Waals surface area contributed by atoms with Crippen LogP contribution in [-0.4, -0.2) is 32.1 Å². The van der Waals surface area contributed by atoms with Gasteiger partial charge in [0.05, 0.1) is 0 Å². The summed E-state index contributed by atoms with van der Waals surface area (Å²) in [7, 11) is 2.89. The number of hydrogen-bond donors (Lipinski definition) is 1. The lowest BCUT2D eigenvalue weighted by molar-refractivity contribution is 0.380. The van der Waals surface area contributed by atoms with Crippen LogP contribution in [0.4, 0.5) is 0 Å². The molecule has 0 aromatic carbocycles. The summed E-state index contributed by atoms with van der Waals surface area (Å²) in [4.78, 5) is 0. The van der Waals surface area contributed by atoms with Crippen LogP contribution in [0.1, 0.15) is 39.0 Å². The van der Waals surface area contributed by atoms with E-state index in [4.69, 9.17) is 0 Å². The first kappa shape index (κ1) is 11.4. The van der Waals surface area contributed by atoms with E-state index in [2.05, 4.69) is 12.2 Å². The molecule has 0 aromatic heterocycles. The van der Waals surface area contributed by atoms with E-state index in [-0.39, 0.29) is 0 Å². The first-order valence-corrected chi connectivity index (χ1v) is 13.2. The maximum Gasteiger partial charge on any atom is 0.00669 e. The van der Waals surface area contributed by atoms with E-state index in [1.807, 2.05) is 0 Å². The van der Waals surface area contributed by atoms with Crippen molar-refractivity contribution in [3.05, 3.63) is 0 Å². The van der Waals surface area contributed by atoms with Crippen LogP contribution in [0.15, 0.2) is 0 Å². The summed E-state index contributed by atoms with van der Waals surface area (Å²) in [5.41, 5.74) is 0. The highest BCUT2D eigenvalue weighted by Crippen LogP contribution is 2.16. The Bertz CT molecular complexity index is 69.7. The molecule has 1 nitrogen and oxygen atoms in total. The van der Waals surface area contributed by atoms with Gasteiger partial charge >= 0.3 is 0 Å². The normalized spacial score (nSPS) is 19.4. The van der Waals surface area contributed by atoms with Gasteiger partial charge in [-0.05, 0) is 38.9 Å². The Morgan fingerprint density at radius 2 is 1.73 bits per heavy atom. The standard InChI is InChI=1S/C8H17N.H6Si2/c1-2-9-8-6-4-3-5-7-8;1-2/h8-9H,2-7H2,1H3;1-2H3. The molecule has 0 atom stereocenters. The molecule has 1 N–H and O–H groups in total. The van der Waals surface area contributed by atoms with Crippen LogP contribution >= 0.6 is 0 Å². The average Bonchev–Trinajstić information content (AvgIpc) is 2.11. The molecule has 0 heterocycles. The van der Waals surface area contributed by atoms with Crippen LogP contribution < -0.4 is 5.32 Å². The van der Waals surface area contributed by atoms with E-state index in [0.29, 0.717) is 0 Å². The minimum atomic E-state index is 0.851. The van der Waals surface area contributed by atoms with Crippen molar-refractivity contribution >= 4 is 19.5 Å². The van der Waals surface area contributed by atoms with Crippen molar-refractivity contribution in [3.8, 4) is 0 Å². The fraction of sp³-hybridized carbons (Fsp3) is 1.00. The Labute approximate surface area is 77.0 Å². The summed E-state index contributed by atoms with van der Waals surface area (Å²) in [6.07, 6.45) is 7.17. The first-order valence-electron chi connectivity index (χ1n) is 5.17. The van der Waals surface area contributed by atoms with Gasteiger partial charge in [-0.25, -0.2) is 0 Å². The van der Waals surface area contributed by atoms with Crippen molar-refractivity contribution in [3.63, 3.8) is 0 Å². The van der Waals surface area contributed by atoms with Crippen LogP contribution in [0.2, 0.25) is 0 Å². The monoisotopic (exact) mass is 189 g/mol. The lowest BCUT2D eigenvalue weighted by atomic mass is 9.96. The summed E-state index contributed by atoms with van der Waals surface area (Å²) in [5, 5.41) is 3.48. The SMILES string of the molecule is CCNC1CCCCC1.[SiH3][SiH3]. The highest BCUT2D eigenvalue weighted by atomic mass is 29.1. The average molecular weight is 189 g/mol. The predicted octanol–water partition coefficient (Wildman–Crippen LogP) is -0.439. The third-order valence-corrected chi connectivity index (χ3v) is 2.10. The second kappa shape index (κ2) is 8.49. The van der Waals surface area contributed by atoms with Gasteiger partial charge in [-0.2, -0.15) is 0 Å². The highest BCUT2D eigenvalue weighted by Gasteiger charge is 2.10. The van der Waals surface area contributed by atoms with Gasteiger partial charge in [0.15, 0.2) is 0 Å². The van der Waals surface area contributed by atoms with Gasteiger partial charge in [0.25, 0.3) is 0 Å². The van der Waals surface area contributed by atoms with Crippen molar-refractivity contribution in [2.24, 2.45) is 0 Å². The second-order valence-electron chi connectivity index (χ2n) is 2.89. The maximum atomic E-state index is 3.48. The van der Waals surface area contributed by atoms with E-state index in [1.165, 1.54) is 51.6 Å². The molecule has 0 bridgehead atoms. The van der Waals surface area contributed by atoms with Gasteiger partial charge in [0, 0.05) is 6.04 Å². The molecule has 3 heteroatoms. The molecule has 0 spiro atoms. The molecule has 0 radical (unpaired) electrons. The van der Waals surface area contributed by atoms with Crippen LogP contribution in [0.5, 0.6) is 0 Å². The van der Waals surface area contributed by atoms with E-state index in [1.54, 1.807) is 0 Å². The zero-order valence-corrected chi connectivity index (χ0v) is 12.3.